The van der Waals surface area contributed by atoms with Crippen LogP contribution in [0.3, 0.4) is 0 Å². The van der Waals surface area contributed by atoms with Crippen LogP contribution in [0.2, 0.25) is 0 Å². The van der Waals surface area contributed by atoms with E-state index in [1.54, 1.807) is 41.1 Å². The fraction of sp³-hybridized carbons (Fsp3) is 0.222. The number of esters is 1. The Labute approximate surface area is 144 Å². The molecule has 0 saturated heterocycles. The Hall–Kier alpha value is -3.22. The molecule has 3 aromatic rings. The molecule has 25 heavy (non-hydrogen) atoms. The topological polar surface area (TPSA) is 83.3 Å². The molecule has 7 heteroatoms. The van der Waals surface area contributed by atoms with Gasteiger partial charge in [0.1, 0.15) is 5.52 Å². The Morgan fingerprint density at radius 1 is 1.08 bits per heavy atom. The van der Waals surface area contributed by atoms with E-state index in [1.807, 2.05) is 6.92 Å². The van der Waals surface area contributed by atoms with Gasteiger partial charge in [-0.25, -0.2) is 9.48 Å². The highest BCUT2D eigenvalue weighted by molar-refractivity contribution is 5.96. The molecule has 0 radical (unpaired) electrons. The number of rotatable bonds is 5. The first-order valence-corrected chi connectivity index (χ1v) is 7.78. The summed E-state index contributed by atoms with van der Waals surface area (Å²) in [7, 11) is 1.45. The second-order valence-corrected chi connectivity index (χ2v) is 5.42. The Morgan fingerprint density at radius 3 is 2.52 bits per heavy atom. The van der Waals surface area contributed by atoms with Gasteiger partial charge in [0, 0.05) is 12.1 Å². The van der Waals surface area contributed by atoms with Gasteiger partial charge in [-0.05, 0) is 50.2 Å². The molecule has 2 aromatic carbocycles. The van der Waals surface area contributed by atoms with Crippen LogP contribution in [0.4, 0.5) is 0 Å². The van der Waals surface area contributed by atoms with Crippen molar-refractivity contribution in [2.75, 3.05) is 7.11 Å². The van der Waals surface area contributed by atoms with Gasteiger partial charge in [0.2, 0.25) is 0 Å². The van der Waals surface area contributed by atoms with Gasteiger partial charge in [-0.15, -0.1) is 5.10 Å². The highest BCUT2D eigenvalue weighted by atomic mass is 16.6. The number of hydrogen-bond acceptors (Lipinski definition) is 6. The summed E-state index contributed by atoms with van der Waals surface area (Å²) >= 11 is 0. The van der Waals surface area contributed by atoms with Crippen LogP contribution in [-0.4, -0.2) is 33.9 Å². The first-order chi connectivity index (χ1) is 12.0. The Bertz CT molecular complexity index is 962. The van der Waals surface area contributed by atoms with Gasteiger partial charge in [0.25, 0.3) is 0 Å². The van der Waals surface area contributed by atoms with E-state index in [0.717, 1.165) is 5.52 Å². The highest BCUT2D eigenvalue weighted by Gasteiger charge is 2.15. The Morgan fingerprint density at radius 2 is 1.84 bits per heavy atom. The van der Waals surface area contributed by atoms with E-state index < -0.39 is 5.97 Å². The first kappa shape index (κ1) is 16.6. The SMILES string of the molecule is CCn1nnc2cc(C(=O)Oc3ccc(C(C)=O)cc3OC)ccc21. The Balaban J connectivity index is 1.88. The maximum Gasteiger partial charge on any atom is 0.343 e. The third-order valence-corrected chi connectivity index (χ3v) is 3.82. The van der Waals surface area contributed by atoms with E-state index in [2.05, 4.69) is 10.3 Å². The van der Waals surface area contributed by atoms with Gasteiger partial charge >= 0.3 is 5.97 Å². The number of benzene rings is 2. The van der Waals surface area contributed by atoms with Gasteiger partial charge in [0.15, 0.2) is 17.3 Å². The summed E-state index contributed by atoms with van der Waals surface area (Å²) in [6.45, 7) is 4.12. The second-order valence-electron chi connectivity index (χ2n) is 5.42. The van der Waals surface area contributed by atoms with Crippen LogP contribution >= 0.6 is 0 Å². The first-order valence-electron chi connectivity index (χ1n) is 7.78. The number of fused-ring (bicyclic) bond motifs is 1. The van der Waals surface area contributed by atoms with Crippen molar-refractivity contribution in [1.82, 2.24) is 15.0 Å². The molecule has 0 amide bonds. The monoisotopic (exact) mass is 339 g/mol. The lowest BCUT2D eigenvalue weighted by Crippen LogP contribution is -2.09. The molecular formula is C18H17N3O4. The smallest absolute Gasteiger partial charge is 0.343 e. The highest BCUT2D eigenvalue weighted by Crippen LogP contribution is 2.29. The average molecular weight is 339 g/mol. The zero-order valence-electron chi connectivity index (χ0n) is 14.1. The summed E-state index contributed by atoms with van der Waals surface area (Å²) in [4.78, 5) is 23.9. The van der Waals surface area contributed by atoms with Gasteiger partial charge in [-0.3, -0.25) is 4.79 Å². The molecule has 0 saturated carbocycles. The van der Waals surface area contributed by atoms with Crippen LogP contribution in [0.1, 0.15) is 34.6 Å². The minimum absolute atomic E-state index is 0.0966. The summed E-state index contributed by atoms with van der Waals surface area (Å²) in [5, 5.41) is 8.06. The fourth-order valence-corrected chi connectivity index (χ4v) is 2.46. The quantitative estimate of drug-likeness (QED) is 0.404. The summed E-state index contributed by atoms with van der Waals surface area (Å²) < 4.78 is 12.4. The van der Waals surface area contributed by atoms with Crippen LogP contribution in [0, 0.1) is 0 Å². The number of ether oxygens (including phenoxy) is 2. The van der Waals surface area contributed by atoms with Crippen molar-refractivity contribution in [2.45, 2.75) is 20.4 Å². The molecule has 0 aliphatic heterocycles. The predicted octanol–water partition coefficient (Wildman–Crippen LogP) is 2.88. The van der Waals surface area contributed by atoms with Crippen molar-refractivity contribution in [2.24, 2.45) is 0 Å². The lowest BCUT2D eigenvalue weighted by molar-refractivity contribution is 0.0730. The zero-order chi connectivity index (χ0) is 18.0. The molecule has 0 aliphatic rings. The van der Waals surface area contributed by atoms with Crippen LogP contribution in [-0.2, 0) is 6.54 Å². The molecule has 0 bridgehead atoms. The van der Waals surface area contributed by atoms with Crippen molar-refractivity contribution in [3.05, 3.63) is 47.5 Å². The van der Waals surface area contributed by atoms with Crippen LogP contribution in [0.25, 0.3) is 11.0 Å². The minimum Gasteiger partial charge on any atom is -0.493 e. The number of aromatic nitrogens is 3. The molecule has 0 spiro atoms. The lowest BCUT2D eigenvalue weighted by atomic mass is 10.1. The van der Waals surface area contributed by atoms with Crippen LogP contribution < -0.4 is 9.47 Å². The molecule has 0 atom stereocenters. The van der Waals surface area contributed by atoms with Crippen molar-refractivity contribution >= 4 is 22.8 Å². The van der Waals surface area contributed by atoms with Crippen molar-refractivity contribution < 1.29 is 19.1 Å². The number of carbonyl (C=O) groups excluding carboxylic acids is 2. The minimum atomic E-state index is -0.540. The van der Waals surface area contributed by atoms with Crippen LogP contribution in [0.15, 0.2) is 36.4 Å². The van der Waals surface area contributed by atoms with Crippen molar-refractivity contribution in [1.29, 1.82) is 0 Å². The van der Waals surface area contributed by atoms with E-state index in [0.29, 0.717) is 28.9 Å². The molecule has 7 nitrogen and oxygen atoms in total. The third kappa shape index (κ3) is 3.21. The van der Waals surface area contributed by atoms with Crippen molar-refractivity contribution in [3.63, 3.8) is 0 Å². The molecule has 1 aromatic heterocycles. The number of methoxy groups -OCH3 is 1. The molecule has 0 fully saturated rings. The number of Topliss-reactive ketones (excluding diaryl/α,β-unsaturated/α-hetero) is 1. The van der Waals surface area contributed by atoms with Crippen molar-refractivity contribution in [3.8, 4) is 11.5 Å². The Kier molecular flexibility index (Phi) is 4.47. The van der Waals surface area contributed by atoms with Gasteiger partial charge < -0.3 is 9.47 Å². The predicted molar refractivity (Wildman–Crippen MR) is 91.2 cm³/mol. The normalized spacial score (nSPS) is 10.7. The molecule has 0 aliphatic carbocycles. The largest absolute Gasteiger partial charge is 0.493 e. The van der Waals surface area contributed by atoms with Gasteiger partial charge in [0.05, 0.1) is 18.2 Å². The van der Waals surface area contributed by atoms with E-state index in [4.69, 9.17) is 9.47 Å². The van der Waals surface area contributed by atoms with E-state index >= 15 is 0 Å². The molecular weight excluding hydrogens is 322 g/mol. The molecule has 128 valence electrons. The summed E-state index contributed by atoms with van der Waals surface area (Å²) in [5.41, 5.74) is 2.31. The molecule has 1 heterocycles. The molecule has 0 N–H and O–H groups in total. The summed E-state index contributed by atoms with van der Waals surface area (Å²) in [5.74, 6) is -0.0728. The average Bonchev–Trinajstić information content (AvgIpc) is 3.04. The summed E-state index contributed by atoms with van der Waals surface area (Å²) in [6, 6.07) is 9.75. The number of ketones is 1. The third-order valence-electron chi connectivity index (χ3n) is 3.82. The van der Waals surface area contributed by atoms with Gasteiger partial charge in [-0.2, -0.15) is 0 Å². The molecule has 0 unspecified atom stereocenters. The maximum atomic E-state index is 12.4. The van der Waals surface area contributed by atoms with E-state index in [-0.39, 0.29) is 11.5 Å². The lowest BCUT2D eigenvalue weighted by Gasteiger charge is -2.10. The second kappa shape index (κ2) is 6.72. The summed E-state index contributed by atoms with van der Waals surface area (Å²) in [6.07, 6.45) is 0. The van der Waals surface area contributed by atoms with E-state index in [1.165, 1.54) is 14.0 Å². The van der Waals surface area contributed by atoms with Crippen LogP contribution in [0.5, 0.6) is 11.5 Å². The standard InChI is InChI=1S/C18H17N3O4/c1-4-21-15-7-5-13(9-14(15)19-20-21)18(23)25-16-8-6-12(11(2)22)10-17(16)24-3/h5-10H,4H2,1-3H3. The number of aryl methyl sites for hydroxylation is 1. The maximum absolute atomic E-state index is 12.4. The van der Waals surface area contributed by atoms with E-state index in [9.17, 15) is 9.59 Å². The fourth-order valence-electron chi connectivity index (χ4n) is 2.46. The molecule has 3 rings (SSSR count). The number of hydrogen-bond donors (Lipinski definition) is 0. The zero-order valence-corrected chi connectivity index (χ0v) is 14.1. The van der Waals surface area contributed by atoms with Gasteiger partial charge in [-0.1, -0.05) is 5.21 Å². The number of carbonyl (C=O) groups is 2. The number of nitrogens with zero attached hydrogens (tertiary/aromatic N) is 3.